The van der Waals surface area contributed by atoms with Gasteiger partial charge in [-0.05, 0) is 91.7 Å². The van der Waals surface area contributed by atoms with Crippen LogP contribution in [-0.2, 0) is 17.5 Å². The molecule has 0 bridgehead atoms. The Morgan fingerprint density at radius 1 is 1.17 bits per heavy atom. The maximum absolute atomic E-state index is 14.2. The number of nitrogens with zero attached hydrogens (tertiary/aromatic N) is 3. The number of Topliss-reactive ketones (excluding diaryl/α,β-unsaturated/α-hetero) is 1. The lowest BCUT2D eigenvalue weighted by atomic mass is 9.64. The molecule has 0 radical (unpaired) electrons. The van der Waals surface area contributed by atoms with E-state index in [1.54, 1.807) is 18.2 Å². The fourth-order valence-electron chi connectivity index (χ4n) is 5.20. The van der Waals surface area contributed by atoms with Gasteiger partial charge in [-0.25, -0.2) is 9.38 Å². The van der Waals surface area contributed by atoms with Gasteiger partial charge in [0.2, 0.25) is 0 Å². The van der Waals surface area contributed by atoms with Crippen molar-refractivity contribution in [2.75, 3.05) is 13.1 Å². The molecule has 11 heteroatoms. The molecule has 3 aromatic rings. The topological polar surface area (TPSA) is 94.6 Å². The number of benzene rings is 2. The van der Waals surface area contributed by atoms with Crippen LogP contribution in [0.1, 0.15) is 34.5 Å². The van der Waals surface area contributed by atoms with Crippen LogP contribution in [0.3, 0.4) is 0 Å². The van der Waals surface area contributed by atoms with E-state index >= 15 is 0 Å². The number of carbonyl (C=O) groups is 1. The number of alkyl halides is 3. The minimum Gasteiger partial charge on any atom is -0.593 e. The van der Waals surface area contributed by atoms with Crippen LogP contribution in [0.2, 0.25) is 0 Å². The van der Waals surface area contributed by atoms with Crippen molar-refractivity contribution in [2.45, 2.75) is 30.8 Å². The highest BCUT2D eigenvalue weighted by Gasteiger charge is 2.52. The third kappa shape index (κ3) is 5.83. The number of ketones is 1. The molecule has 1 aliphatic carbocycles. The second-order valence-corrected chi connectivity index (χ2v) is 11.5. The van der Waals surface area contributed by atoms with E-state index in [0.717, 1.165) is 23.3 Å². The first-order valence-corrected chi connectivity index (χ1v) is 13.9. The summed E-state index contributed by atoms with van der Waals surface area (Å²) < 4.78 is 68.7. The Morgan fingerprint density at radius 2 is 1.93 bits per heavy atom. The molecule has 1 saturated heterocycles. The summed E-state index contributed by atoms with van der Waals surface area (Å²) in [6.45, 7) is 2.04. The van der Waals surface area contributed by atoms with Gasteiger partial charge in [0.1, 0.15) is 11.5 Å². The summed E-state index contributed by atoms with van der Waals surface area (Å²) in [5.41, 5.74) is 7.23. The second-order valence-electron chi connectivity index (χ2n) is 10.0. The summed E-state index contributed by atoms with van der Waals surface area (Å²) in [5.74, 6) is -0.708. The number of carbonyl (C=O) groups excluding carboxylic acids is 1. The number of fused-ring (bicyclic) bond motifs is 1. The maximum Gasteiger partial charge on any atom is 0.416 e. The van der Waals surface area contributed by atoms with E-state index in [1.165, 1.54) is 53.1 Å². The number of piperidine rings is 1. The molecule has 212 valence electrons. The fraction of sp³-hybridized carbons (Fsp3) is 0.233. The van der Waals surface area contributed by atoms with Crippen LogP contribution in [0.15, 0.2) is 100 Å². The first kappa shape index (κ1) is 28.7. The van der Waals surface area contributed by atoms with Gasteiger partial charge in [0.05, 0.1) is 40.3 Å². The Balaban J connectivity index is 1.57. The zero-order valence-electron chi connectivity index (χ0n) is 22.0. The Labute approximate surface area is 237 Å². The summed E-state index contributed by atoms with van der Waals surface area (Å²) in [6, 6.07) is 13.5. The highest BCUT2D eigenvalue weighted by molar-refractivity contribution is 7.89. The molecule has 0 spiro atoms. The van der Waals surface area contributed by atoms with Gasteiger partial charge < -0.3 is 10.3 Å². The van der Waals surface area contributed by atoms with Crippen molar-refractivity contribution in [1.29, 1.82) is 0 Å². The van der Waals surface area contributed by atoms with E-state index in [0.29, 0.717) is 23.4 Å². The van der Waals surface area contributed by atoms with Gasteiger partial charge in [-0.15, -0.1) is 4.31 Å². The van der Waals surface area contributed by atoms with Crippen LogP contribution in [0.5, 0.6) is 0 Å². The molecule has 1 fully saturated rings. The van der Waals surface area contributed by atoms with Gasteiger partial charge in [0.15, 0.2) is 10.7 Å². The van der Waals surface area contributed by atoms with Crippen LogP contribution in [-0.4, -0.2) is 38.4 Å². The van der Waals surface area contributed by atoms with Gasteiger partial charge >= 0.3 is 6.18 Å². The predicted molar refractivity (Wildman–Crippen MR) is 148 cm³/mol. The average molecular weight is 583 g/mol. The minimum absolute atomic E-state index is 0.00695. The van der Waals surface area contributed by atoms with E-state index < -0.39 is 34.3 Å². The summed E-state index contributed by atoms with van der Waals surface area (Å²) in [5, 5.41) is 0. The van der Waals surface area contributed by atoms with Crippen molar-refractivity contribution in [2.24, 2.45) is 16.1 Å². The molecule has 0 saturated carbocycles. The van der Waals surface area contributed by atoms with E-state index in [2.05, 4.69) is 9.98 Å². The van der Waals surface area contributed by atoms with E-state index in [1.807, 2.05) is 6.92 Å². The van der Waals surface area contributed by atoms with Gasteiger partial charge in [-0.2, -0.15) is 13.2 Å². The highest BCUT2D eigenvalue weighted by atomic mass is 32.2. The molecule has 2 unspecified atom stereocenters. The van der Waals surface area contributed by atoms with Crippen molar-refractivity contribution in [3.63, 3.8) is 0 Å². The first-order chi connectivity index (χ1) is 19.5. The zero-order valence-corrected chi connectivity index (χ0v) is 22.8. The van der Waals surface area contributed by atoms with Crippen molar-refractivity contribution in [1.82, 2.24) is 9.29 Å². The molecule has 2 aromatic carbocycles. The predicted octanol–water partition coefficient (Wildman–Crippen LogP) is 6.09. The van der Waals surface area contributed by atoms with Crippen LogP contribution < -0.4 is 5.73 Å². The molecule has 1 aliphatic heterocycles. The van der Waals surface area contributed by atoms with Gasteiger partial charge in [-0.3, -0.25) is 9.78 Å². The normalized spacial score (nSPS) is 22.3. The molecular formula is C30H26F4N4O2S. The first-order valence-electron chi connectivity index (χ1n) is 12.8. The lowest BCUT2D eigenvalue weighted by Crippen LogP contribution is -2.53. The molecular weight excluding hydrogens is 556 g/mol. The number of pyridine rings is 1. The number of nitrogens with two attached hydrogens (primary N) is 1. The summed E-state index contributed by atoms with van der Waals surface area (Å²) in [7, 11) is 0. The molecule has 1 aromatic heterocycles. The smallest absolute Gasteiger partial charge is 0.416 e. The van der Waals surface area contributed by atoms with Crippen LogP contribution >= 0.6 is 0 Å². The van der Waals surface area contributed by atoms with E-state index in [-0.39, 0.29) is 35.9 Å². The molecule has 2 heterocycles. The third-order valence-electron chi connectivity index (χ3n) is 7.28. The van der Waals surface area contributed by atoms with Gasteiger partial charge in [-0.1, -0.05) is 11.6 Å². The molecule has 2 aliphatic rings. The Hall–Kier alpha value is -3.80. The molecule has 0 amide bonds. The maximum atomic E-state index is 14.2. The SMILES string of the molecule is Cc1ccnc(C(=O)C23CC(=CN)C(=Nc4ccc(F)cc4)C=C2CCN([S+]([O-])c2cccc(C(F)(F)F)c2)C3)c1. The Bertz CT molecular complexity index is 1570. The minimum atomic E-state index is -4.59. The molecule has 6 nitrogen and oxygen atoms in total. The summed E-state index contributed by atoms with van der Waals surface area (Å²) >= 11 is -1.97. The number of hydrogen-bond donors (Lipinski definition) is 1. The number of aryl methyl sites for hydroxylation is 1. The number of hydrogen-bond acceptors (Lipinski definition) is 6. The molecule has 41 heavy (non-hydrogen) atoms. The van der Waals surface area contributed by atoms with Crippen LogP contribution in [0.4, 0.5) is 23.2 Å². The van der Waals surface area contributed by atoms with Crippen molar-refractivity contribution in [3.05, 3.63) is 113 Å². The van der Waals surface area contributed by atoms with E-state index in [9.17, 15) is 26.9 Å². The number of allylic oxidation sites excluding steroid dienone is 2. The van der Waals surface area contributed by atoms with Gasteiger partial charge in [0, 0.05) is 18.8 Å². The van der Waals surface area contributed by atoms with Crippen molar-refractivity contribution < 1.29 is 26.9 Å². The Kier molecular flexibility index (Phi) is 7.87. The van der Waals surface area contributed by atoms with Gasteiger partial charge in [0.25, 0.3) is 0 Å². The van der Waals surface area contributed by atoms with Crippen molar-refractivity contribution >= 4 is 28.5 Å². The average Bonchev–Trinajstić information content (AvgIpc) is 2.96. The second kappa shape index (κ2) is 11.2. The number of aliphatic imine (C=N–C) groups is 1. The lowest BCUT2D eigenvalue weighted by molar-refractivity contribution is -0.137. The van der Waals surface area contributed by atoms with E-state index in [4.69, 9.17) is 5.73 Å². The molecule has 2 N–H and O–H groups in total. The standard InChI is InChI=1S/C30H26F4N4O2S/c1-19-9-11-36-27(13-19)28(39)29-16-20(17-35)26(37-24-7-5-23(31)6-8-24)15-21(29)10-12-38(18-29)41(40)25-4-2-3-22(14-25)30(32,33)34/h2-9,11,13-15,17H,10,12,16,18,35H2,1H3. The number of aromatic nitrogens is 1. The fourth-order valence-corrected chi connectivity index (χ4v) is 6.51. The van der Waals surface area contributed by atoms with Crippen LogP contribution in [0.25, 0.3) is 0 Å². The quantitative estimate of drug-likeness (QED) is 0.223. The molecule has 2 atom stereocenters. The van der Waals surface area contributed by atoms with Crippen LogP contribution in [0, 0.1) is 18.2 Å². The highest BCUT2D eigenvalue weighted by Crippen LogP contribution is 2.47. The summed E-state index contributed by atoms with van der Waals surface area (Å²) in [4.78, 5) is 23.2. The van der Waals surface area contributed by atoms with Crippen molar-refractivity contribution in [3.8, 4) is 0 Å². The Morgan fingerprint density at radius 3 is 2.61 bits per heavy atom. The molecule has 5 rings (SSSR count). The number of halogens is 4. The third-order valence-corrected chi connectivity index (χ3v) is 8.72. The summed E-state index contributed by atoms with van der Waals surface area (Å²) in [6.07, 6.45) is 0.508. The zero-order chi connectivity index (χ0) is 29.4. The number of rotatable bonds is 5. The lowest BCUT2D eigenvalue weighted by Gasteiger charge is -2.45. The largest absolute Gasteiger partial charge is 0.593 e. The monoisotopic (exact) mass is 582 g/mol.